The minimum absolute atomic E-state index is 0.243. The summed E-state index contributed by atoms with van der Waals surface area (Å²) in [5, 5.41) is 3.46. The van der Waals surface area contributed by atoms with Gasteiger partial charge in [0.05, 0.1) is 0 Å². The third kappa shape index (κ3) is 4.55. The van der Waals surface area contributed by atoms with Gasteiger partial charge in [0.2, 0.25) is 0 Å². The highest BCUT2D eigenvalue weighted by atomic mass is 15.2. The van der Waals surface area contributed by atoms with Crippen molar-refractivity contribution in [3.05, 3.63) is 35.4 Å². The molecule has 1 fully saturated rings. The van der Waals surface area contributed by atoms with Gasteiger partial charge in [0.1, 0.15) is 0 Å². The molecule has 21 heavy (non-hydrogen) atoms. The molecule has 0 unspecified atom stereocenters. The van der Waals surface area contributed by atoms with Crippen molar-refractivity contribution in [2.75, 3.05) is 26.2 Å². The molecule has 0 aromatic heterocycles. The van der Waals surface area contributed by atoms with Crippen LogP contribution in [0.15, 0.2) is 24.3 Å². The minimum Gasteiger partial charge on any atom is -0.314 e. The molecular formula is C19H32N2. The molecule has 1 aromatic carbocycles. The highest BCUT2D eigenvalue weighted by Crippen LogP contribution is 2.29. The Morgan fingerprint density at radius 1 is 1.10 bits per heavy atom. The summed E-state index contributed by atoms with van der Waals surface area (Å²) in [5.74, 6) is 0. The van der Waals surface area contributed by atoms with Crippen LogP contribution in [0.1, 0.15) is 64.1 Å². The van der Waals surface area contributed by atoms with Gasteiger partial charge in [0, 0.05) is 32.2 Å². The van der Waals surface area contributed by atoms with Crippen molar-refractivity contribution < 1.29 is 0 Å². The smallest absolute Gasteiger partial charge is 0.0349 e. The lowest BCUT2D eigenvalue weighted by Gasteiger charge is -2.35. The Balaban J connectivity index is 2.15. The highest BCUT2D eigenvalue weighted by molar-refractivity contribution is 5.29. The van der Waals surface area contributed by atoms with Crippen molar-refractivity contribution in [3.8, 4) is 0 Å². The van der Waals surface area contributed by atoms with Crippen molar-refractivity contribution in [1.82, 2.24) is 10.2 Å². The molecule has 2 heteroatoms. The lowest BCUT2D eigenvalue weighted by Crippen LogP contribution is -2.45. The fourth-order valence-electron chi connectivity index (χ4n) is 3.16. The Hall–Kier alpha value is -0.860. The van der Waals surface area contributed by atoms with Crippen molar-refractivity contribution >= 4 is 0 Å². The van der Waals surface area contributed by atoms with E-state index in [4.69, 9.17) is 0 Å². The second-order valence-electron chi connectivity index (χ2n) is 7.32. The van der Waals surface area contributed by atoms with Gasteiger partial charge in [0.25, 0.3) is 0 Å². The van der Waals surface area contributed by atoms with E-state index in [1.54, 1.807) is 0 Å². The normalized spacial score (nSPS) is 18.7. The van der Waals surface area contributed by atoms with E-state index >= 15 is 0 Å². The van der Waals surface area contributed by atoms with Gasteiger partial charge < -0.3 is 5.32 Å². The summed E-state index contributed by atoms with van der Waals surface area (Å²) in [4.78, 5) is 2.66. The molecule has 0 saturated carbocycles. The van der Waals surface area contributed by atoms with E-state index in [2.05, 4.69) is 62.2 Å². The number of unbranched alkanes of at least 4 members (excludes halogenated alkanes) is 1. The van der Waals surface area contributed by atoms with Gasteiger partial charge in [-0.3, -0.25) is 4.90 Å². The number of rotatable bonds is 5. The van der Waals surface area contributed by atoms with Crippen LogP contribution < -0.4 is 5.32 Å². The maximum Gasteiger partial charge on any atom is 0.0349 e. The van der Waals surface area contributed by atoms with Crippen LogP contribution in [0.25, 0.3) is 0 Å². The van der Waals surface area contributed by atoms with Gasteiger partial charge in [0.15, 0.2) is 0 Å². The van der Waals surface area contributed by atoms with E-state index in [1.165, 1.54) is 43.5 Å². The van der Waals surface area contributed by atoms with E-state index in [1.807, 2.05) is 0 Å². The molecule has 2 rings (SSSR count). The zero-order valence-electron chi connectivity index (χ0n) is 14.3. The SMILES string of the molecule is CCCC[C@H](c1ccc(C(C)(C)C)cc1)N1CCNCC1. The summed E-state index contributed by atoms with van der Waals surface area (Å²) >= 11 is 0. The van der Waals surface area contributed by atoms with Crippen molar-refractivity contribution in [3.63, 3.8) is 0 Å². The van der Waals surface area contributed by atoms with Gasteiger partial charge in [-0.05, 0) is 23.0 Å². The van der Waals surface area contributed by atoms with Crippen LogP contribution in [-0.4, -0.2) is 31.1 Å². The Labute approximate surface area is 130 Å². The predicted molar refractivity (Wildman–Crippen MR) is 91.9 cm³/mol. The number of nitrogens with one attached hydrogen (secondary N) is 1. The van der Waals surface area contributed by atoms with Crippen LogP contribution in [0, 0.1) is 0 Å². The summed E-state index contributed by atoms with van der Waals surface area (Å²) in [6.07, 6.45) is 3.88. The molecule has 0 radical (unpaired) electrons. The molecule has 0 spiro atoms. The van der Waals surface area contributed by atoms with Gasteiger partial charge >= 0.3 is 0 Å². The molecule has 1 N–H and O–H groups in total. The third-order valence-corrected chi connectivity index (χ3v) is 4.58. The summed E-state index contributed by atoms with van der Waals surface area (Å²) < 4.78 is 0. The molecule has 1 aliphatic rings. The zero-order valence-corrected chi connectivity index (χ0v) is 14.3. The first kappa shape index (κ1) is 16.5. The van der Waals surface area contributed by atoms with Crippen molar-refractivity contribution in [2.24, 2.45) is 0 Å². The second kappa shape index (κ2) is 7.42. The molecule has 0 aliphatic carbocycles. The van der Waals surface area contributed by atoms with Gasteiger partial charge in [-0.1, -0.05) is 64.8 Å². The van der Waals surface area contributed by atoms with Gasteiger partial charge in [-0.2, -0.15) is 0 Å². The van der Waals surface area contributed by atoms with E-state index in [-0.39, 0.29) is 5.41 Å². The standard InChI is InChI=1S/C19H32N2/c1-5-6-7-18(21-14-12-20-13-15-21)16-8-10-17(11-9-16)19(2,3)4/h8-11,18,20H,5-7,12-15H2,1-4H3/t18-/m1/s1. The highest BCUT2D eigenvalue weighted by Gasteiger charge is 2.22. The van der Waals surface area contributed by atoms with E-state index in [9.17, 15) is 0 Å². The molecule has 0 bridgehead atoms. The topological polar surface area (TPSA) is 15.3 Å². The van der Waals surface area contributed by atoms with Crippen LogP contribution in [0.4, 0.5) is 0 Å². The molecule has 1 saturated heterocycles. The first-order chi connectivity index (χ1) is 10.0. The largest absolute Gasteiger partial charge is 0.314 e. The molecule has 1 atom stereocenters. The Morgan fingerprint density at radius 3 is 2.24 bits per heavy atom. The predicted octanol–water partition coefficient (Wildman–Crippen LogP) is 4.12. The van der Waals surface area contributed by atoms with E-state index < -0.39 is 0 Å². The third-order valence-electron chi connectivity index (χ3n) is 4.58. The first-order valence-corrected chi connectivity index (χ1v) is 8.57. The van der Waals surface area contributed by atoms with E-state index in [0.717, 1.165) is 13.1 Å². The average molecular weight is 288 g/mol. The van der Waals surface area contributed by atoms with Gasteiger partial charge in [-0.25, -0.2) is 0 Å². The Morgan fingerprint density at radius 2 is 1.71 bits per heavy atom. The van der Waals surface area contributed by atoms with Crippen LogP contribution in [0.2, 0.25) is 0 Å². The number of hydrogen-bond donors (Lipinski definition) is 1. The number of piperazine rings is 1. The lowest BCUT2D eigenvalue weighted by atomic mass is 9.86. The number of hydrogen-bond acceptors (Lipinski definition) is 2. The molecule has 2 nitrogen and oxygen atoms in total. The van der Waals surface area contributed by atoms with Crippen molar-refractivity contribution in [2.45, 2.75) is 58.4 Å². The maximum atomic E-state index is 3.46. The van der Waals surface area contributed by atoms with Crippen LogP contribution in [-0.2, 0) is 5.41 Å². The van der Waals surface area contributed by atoms with Crippen LogP contribution >= 0.6 is 0 Å². The lowest BCUT2D eigenvalue weighted by molar-refractivity contribution is 0.163. The maximum absolute atomic E-state index is 3.46. The van der Waals surface area contributed by atoms with Crippen LogP contribution in [0.3, 0.4) is 0 Å². The average Bonchev–Trinajstić information content (AvgIpc) is 2.48. The summed E-state index contributed by atoms with van der Waals surface area (Å²) in [6.45, 7) is 13.8. The number of benzene rings is 1. The molecule has 1 aromatic rings. The quantitative estimate of drug-likeness (QED) is 0.876. The molecule has 0 amide bonds. The molecule has 1 aliphatic heterocycles. The van der Waals surface area contributed by atoms with Crippen molar-refractivity contribution in [1.29, 1.82) is 0 Å². The molecule has 118 valence electrons. The molecular weight excluding hydrogens is 256 g/mol. The summed E-state index contributed by atoms with van der Waals surface area (Å²) in [5.41, 5.74) is 3.17. The fourth-order valence-corrected chi connectivity index (χ4v) is 3.16. The fraction of sp³-hybridized carbons (Fsp3) is 0.684. The Bertz CT molecular complexity index is 410. The van der Waals surface area contributed by atoms with Crippen LogP contribution in [0.5, 0.6) is 0 Å². The zero-order chi connectivity index (χ0) is 15.3. The second-order valence-corrected chi connectivity index (χ2v) is 7.32. The Kier molecular flexibility index (Phi) is 5.83. The minimum atomic E-state index is 0.243. The monoisotopic (exact) mass is 288 g/mol. The summed E-state index contributed by atoms with van der Waals surface area (Å²) in [6, 6.07) is 9.99. The van der Waals surface area contributed by atoms with Gasteiger partial charge in [-0.15, -0.1) is 0 Å². The molecule has 1 heterocycles. The van der Waals surface area contributed by atoms with E-state index in [0.29, 0.717) is 6.04 Å². The summed E-state index contributed by atoms with van der Waals surface area (Å²) in [7, 11) is 0. The number of nitrogens with zero attached hydrogens (tertiary/aromatic N) is 1. The first-order valence-electron chi connectivity index (χ1n) is 8.57.